The molecule has 0 saturated carbocycles. The van der Waals surface area contributed by atoms with E-state index in [1.54, 1.807) is 0 Å². The van der Waals surface area contributed by atoms with Crippen molar-refractivity contribution in [2.75, 3.05) is 0 Å². The zero-order chi connectivity index (χ0) is 3.58. The summed E-state index contributed by atoms with van der Waals surface area (Å²) in [6, 6.07) is 0. The van der Waals surface area contributed by atoms with Crippen LogP contribution in [0.25, 0.3) is 0 Å². The number of hydrogen-bond donors (Lipinski definition) is 3. The van der Waals surface area contributed by atoms with E-state index in [2.05, 4.69) is 0 Å². The second kappa shape index (κ2) is 9.66. The van der Waals surface area contributed by atoms with Crippen LogP contribution in [0, 0.1) is 0 Å². The molecule has 0 aromatic heterocycles. The summed E-state index contributed by atoms with van der Waals surface area (Å²) >= 11 is 0. The molecule has 0 aliphatic heterocycles. The molecule has 0 aromatic rings. The van der Waals surface area contributed by atoms with Crippen molar-refractivity contribution in [1.82, 2.24) is 0 Å². The van der Waals surface area contributed by atoms with E-state index in [9.17, 15) is 0 Å². The molecule has 0 bridgehead atoms. The molecule has 0 aliphatic rings. The Labute approximate surface area is 68.6 Å². The Bertz CT molecular complexity index is 15.5. The van der Waals surface area contributed by atoms with Crippen molar-refractivity contribution in [1.29, 1.82) is 0 Å². The van der Waals surface area contributed by atoms with Gasteiger partial charge in [-0.1, -0.05) is 0 Å². The molecule has 0 aromatic carbocycles. The van der Waals surface area contributed by atoms with Crippen molar-refractivity contribution >= 4 is 7.32 Å². The van der Waals surface area contributed by atoms with E-state index >= 15 is 0 Å². The van der Waals surface area contributed by atoms with Crippen LogP contribution in [0.5, 0.6) is 0 Å². The summed E-state index contributed by atoms with van der Waals surface area (Å²) in [5.74, 6) is 0. The smallest absolute Gasteiger partial charge is 1.00 e. The number of halogens is 1. The van der Waals surface area contributed by atoms with E-state index in [-0.39, 0.29) is 46.5 Å². The molecule has 0 fully saturated rings. The van der Waals surface area contributed by atoms with E-state index < -0.39 is 7.32 Å². The molecule has 6 heteroatoms. The predicted octanol–water partition coefficient (Wildman–Crippen LogP) is -8.04. The molecule has 3 N–H and O–H groups in total. The maximum Gasteiger partial charge on any atom is 1.00 e. The Morgan fingerprint density at radius 1 is 1.00 bits per heavy atom. The molecule has 0 amide bonds. The van der Waals surface area contributed by atoms with E-state index in [1.807, 2.05) is 0 Å². The van der Waals surface area contributed by atoms with Gasteiger partial charge in [0.05, 0.1) is 0 Å². The van der Waals surface area contributed by atoms with Crippen LogP contribution in [0.2, 0.25) is 0 Å². The van der Waals surface area contributed by atoms with Crippen LogP contribution in [0.3, 0.4) is 0 Å². The first-order chi connectivity index (χ1) is 1.73. The first-order valence-corrected chi connectivity index (χ1v) is 0.775. The molecule has 0 aliphatic carbocycles. The van der Waals surface area contributed by atoms with Crippen molar-refractivity contribution in [2.45, 2.75) is 0 Å². The predicted molar refractivity (Wildman–Crippen MR) is 12.4 cm³/mol. The third-order valence-electron chi connectivity index (χ3n) is 0. The first kappa shape index (κ1) is 15.7. The van der Waals surface area contributed by atoms with Gasteiger partial charge in [-0.25, -0.2) is 0 Å². The summed E-state index contributed by atoms with van der Waals surface area (Å²) in [5, 5.41) is 21.5. The topological polar surface area (TPSA) is 60.7 Å². The third-order valence-corrected chi connectivity index (χ3v) is 0. The maximum atomic E-state index is 7.17. The summed E-state index contributed by atoms with van der Waals surface area (Å²) in [6.07, 6.45) is 0. The second-order valence-corrected chi connectivity index (χ2v) is 0.346. The van der Waals surface area contributed by atoms with Crippen molar-refractivity contribution in [2.24, 2.45) is 0 Å². The summed E-state index contributed by atoms with van der Waals surface area (Å²) in [6.45, 7) is 0. The molecular formula is H3BBrNaO3. The SMILES string of the molecule is OB(O)O.[Br-].[Na+]. The summed E-state index contributed by atoms with van der Waals surface area (Å²) in [5.41, 5.74) is 0. The van der Waals surface area contributed by atoms with Crippen LogP contribution < -0.4 is 46.5 Å². The van der Waals surface area contributed by atoms with Gasteiger partial charge in [0.2, 0.25) is 0 Å². The van der Waals surface area contributed by atoms with Gasteiger partial charge in [0.15, 0.2) is 0 Å². The summed E-state index contributed by atoms with van der Waals surface area (Å²) in [4.78, 5) is 0. The van der Waals surface area contributed by atoms with E-state index in [0.29, 0.717) is 0 Å². The standard InChI is InChI=1S/BH3O3.BrH.Na/c2-1(3)4;;/h2-4H;1H;/q;;+1/p-1. The Kier molecular flexibility index (Phi) is 25.2. The maximum absolute atomic E-state index is 7.17. The van der Waals surface area contributed by atoms with Gasteiger partial charge in [-0.15, -0.1) is 0 Å². The van der Waals surface area contributed by atoms with Gasteiger partial charge in [0, 0.05) is 0 Å². The molecular weight excluding hydrogens is 162 g/mol. The normalized spacial score (nSPS) is 4.50. The third kappa shape index (κ3) is 52.3. The molecule has 0 unspecified atom stereocenters. The van der Waals surface area contributed by atoms with Gasteiger partial charge in [-0.3, -0.25) is 0 Å². The monoisotopic (exact) mass is 164 g/mol. The Hall–Kier alpha value is 1.42. The average molecular weight is 165 g/mol. The fourth-order valence-electron chi connectivity index (χ4n) is 0. The average Bonchev–Trinajstić information content (AvgIpc) is 0.811. The number of rotatable bonds is 0. The van der Waals surface area contributed by atoms with Crippen LogP contribution in [-0.2, 0) is 0 Å². The summed E-state index contributed by atoms with van der Waals surface area (Å²) in [7, 11) is -2.17. The van der Waals surface area contributed by atoms with E-state index in [1.165, 1.54) is 0 Å². The van der Waals surface area contributed by atoms with Gasteiger partial charge in [0.25, 0.3) is 0 Å². The van der Waals surface area contributed by atoms with Crippen LogP contribution >= 0.6 is 0 Å². The molecule has 32 valence electrons. The van der Waals surface area contributed by atoms with Gasteiger partial charge in [-0.2, -0.15) is 0 Å². The fraction of sp³-hybridized carbons (Fsp3) is 0. The van der Waals surface area contributed by atoms with Crippen LogP contribution in [0.4, 0.5) is 0 Å². The molecule has 0 atom stereocenters. The Morgan fingerprint density at radius 3 is 1.00 bits per heavy atom. The van der Waals surface area contributed by atoms with Crippen LogP contribution in [0.15, 0.2) is 0 Å². The summed E-state index contributed by atoms with van der Waals surface area (Å²) < 4.78 is 0. The minimum atomic E-state index is -2.17. The quantitative estimate of drug-likeness (QED) is 0.312. The second-order valence-electron chi connectivity index (χ2n) is 0.346. The van der Waals surface area contributed by atoms with Crippen molar-refractivity contribution < 1.29 is 61.6 Å². The van der Waals surface area contributed by atoms with Gasteiger partial charge < -0.3 is 32.1 Å². The molecule has 0 spiro atoms. The molecule has 0 rings (SSSR count). The zero-order valence-electron chi connectivity index (χ0n) is 3.30. The number of hydrogen-bond acceptors (Lipinski definition) is 3. The Balaban J connectivity index is -0.0000000450. The minimum absolute atomic E-state index is 0. The van der Waals surface area contributed by atoms with E-state index in [0.717, 1.165) is 0 Å². The Morgan fingerprint density at radius 2 is 1.00 bits per heavy atom. The molecule has 0 saturated heterocycles. The largest absolute Gasteiger partial charge is 1.00 e. The van der Waals surface area contributed by atoms with E-state index in [4.69, 9.17) is 15.1 Å². The van der Waals surface area contributed by atoms with Gasteiger partial charge in [-0.05, 0) is 0 Å². The minimum Gasteiger partial charge on any atom is -1.00 e. The van der Waals surface area contributed by atoms with Crippen LogP contribution in [-0.4, -0.2) is 22.4 Å². The van der Waals surface area contributed by atoms with Gasteiger partial charge >= 0.3 is 36.9 Å². The van der Waals surface area contributed by atoms with Crippen LogP contribution in [0.1, 0.15) is 0 Å². The molecule has 0 radical (unpaired) electrons. The molecule has 3 nitrogen and oxygen atoms in total. The van der Waals surface area contributed by atoms with Crippen molar-refractivity contribution in [3.63, 3.8) is 0 Å². The van der Waals surface area contributed by atoms with Gasteiger partial charge in [0.1, 0.15) is 0 Å². The van der Waals surface area contributed by atoms with Crippen molar-refractivity contribution in [3.05, 3.63) is 0 Å². The molecule has 6 heavy (non-hydrogen) atoms. The van der Waals surface area contributed by atoms with Crippen molar-refractivity contribution in [3.8, 4) is 0 Å². The first-order valence-electron chi connectivity index (χ1n) is 0.775. The fourth-order valence-corrected chi connectivity index (χ4v) is 0. The molecule has 0 heterocycles. The zero-order valence-corrected chi connectivity index (χ0v) is 6.88.